The summed E-state index contributed by atoms with van der Waals surface area (Å²) in [6.45, 7) is 0.617. The summed E-state index contributed by atoms with van der Waals surface area (Å²) in [4.78, 5) is 4.55. The van der Waals surface area contributed by atoms with Crippen molar-refractivity contribution in [3.63, 3.8) is 0 Å². The highest BCUT2D eigenvalue weighted by Crippen LogP contribution is 2.47. The number of benzene rings is 4. The van der Waals surface area contributed by atoms with E-state index in [9.17, 15) is 14.6 Å². The molecular weight excluding hydrogens is 563 g/mol. The number of hydrogen-bond donors (Lipinski definition) is 2. The van der Waals surface area contributed by atoms with Gasteiger partial charge in [0, 0.05) is 36.8 Å². The topological polar surface area (TPSA) is 110 Å². The molecule has 0 amide bonds. The molecule has 43 heavy (non-hydrogen) atoms. The lowest BCUT2D eigenvalue weighted by Gasteiger charge is -2.13. The lowest BCUT2D eigenvalue weighted by Crippen LogP contribution is -2.11. The van der Waals surface area contributed by atoms with Crippen LogP contribution in [0.4, 0.5) is 13.2 Å². The molecule has 2 N–H and O–H groups in total. The Morgan fingerprint density at radius 2 is 1.79 bits per heavy atom. The van der Waals surface area contributed by atoms with Gasteiger partial charge < -0.3 is 29.0 Å². The van der Waals surface area contributed by atoms with Crippen LogP contribution < -0.4 is 9.47 Å². The molecule has 1 unspecified atom stereocenters. The monoisotopic (exact) mass is 587 g/mol. The molecule has 1 aliphatic heterocycles. The summed E-state index contributed by atoms with van der Waals surface area (Å²) in [6, 6.07) is 17.7. The van der Waals surface area contributed by atoms with Gasteiger partial charge in [-0.25, -0.2) is 18.2 Å². The van der Waals surface area contributed by atoms with Crippen LogP contribution in [0.15, 0.2) is 66.7 Å². The first-order chi connectivity index (χ1) is 20.8. The van der Waals surface area contributed by atoms with Crippen LogP contribution in [-0.4, -0.2) is 33.5 Å². The third-order valence-corrected chi connectivity index (χ3v) is 7.28. The quantitative estimate of drug-likeness (QED) is 0.225. The Labute approximate surface area is 243 Å². The highest BCUT2D eigenvalue weighted by molar-refractivity contribution is 5.77. The molecule has 0 spiro atoms. The van der Waals surface area contributed by atoms with E-state index in [4.69, 9.17) is 19.5 Å². The first-order valence-corrected chi connectivity index (χ1v) is 13.3. The Morgan fingerprint density at radius 1 is 1.00 bits per heavy atom. The van der Waals surface area contributed by atoms with Crippen LogP contribution in [0.1, 0.15) is 40.7 Å². The number of aliphatic hydroxyl groups excluding tert-OH is 1. The molecule has 4 aromatic carbocycles. The summed E-state index contributed by atoms with van der Waals surface area (Å²) in [5.41, 5.74) is 1.90. The Hall–Kier alpha value is -4.89. The maximum absolute atomic E-state index is 15.6. The third-order valence-electron chi connectivity index (χ3n) is 7.28. The van der Waals surface area contributed by atoms with Crippen molar-refractivity contribution in [1.29, 1.82) is 5.26 Å². The summed E-state index contributed by atoms with van der Waals surface area (Å²) in [5.74, 6) is -1.45. The molecule has 8 nitrogen and oxygen atoms in total. The number of nitrogens with zero attached hydrogens (tertiary/aromatic N) is 3. The van der Waals surface area contributed by atoms with Gasteiger partial charge in [0.25, 0.3) is 6.29 Å². The predicted octanol–water partition coefficient (Wildman–Crippen LogP) is 5.68. The normalized spacial score (nSPS) is 14.0. The fourth-order valence-electron chi connectivity index (χ4n) is 5.12. The van der Waals surface area contributed by atoms with E-state index in [1.165, 1.54) is 37.4 Å². The van der Waals surface area contributed by atoms with E-state index >= 15 is 8.78 Å². The van der Waals surface area contributed by atoms with Gasteiger partial charge in [0.2, 0.25) is 0 Å². The molecule has 1 aromatic heterocycles. The Morgan fingerprint density at radius 3 is 2.49 bits per heavy atom. The van der Waals surface area contributed by atoms with Gasteiger partial charge in [0.15, 0.2) is 17.8 Å². The van der Waals surface area contributed by atoms with E-state index in [0.29, 0.717) is 35.6 Å². The summed E-state index contributed by atoms with van der Waals surface area (Å²) in [6.07, 6.45) is -3.02. The van der Waals surface area contributed by atoms with Crippen LogP contribution in [0, 0.1) is 28.8 Å². The average Bonchev–Trinajstić information content (AvgIpc) is 3.58. The van der Waals surface area contributed by atoms with Crippen molar-refractivity contribution in [1.82, 2.24) is 9.55 Å². The van der Waals surface area contributed by atoms with Gasteiger partial charge in [-0.1, -0.05) is 18.2 Å². The number of halogens is 3. The van der Waals surface area contributed by atoms with Gasteiger partial charge in [-0.05, 0) is 54.1 Å². The summed E-state index contributed by atoms with van der Waals surface area (Å²) in [5, 5.41) is 28.2. The second kappa shape index (κ2) is 11.4. The number of fused-ring (bicyclic) bond motifs is 2. The van der Waals surface area contributed by atoms with Crippen LogP contribution in [0.2, 0.25) is 0 Å². The van der Waals surface area contributed by atoms with E-state index in [0.717, 1.165) is 6.07 Å². The van der Waals surface area contributed by atoms with Gasteiger partial charge in [0.05, 0.1) is 34.8 Å². The Kier molecular flexibility index (Phi) is 7.50. The third kappa shape index (κ3) is 5.28. The fourth-order valence-corrected chi connectivity index (χ4v) is 5.12. The highest BCUT2D eigenvalue weighted by Gasteiger charge is 2.31. The molecule has 1 atom stereocenters. The SMILES string of the molecule is COCCn1c(Cc2c(F)cc(-c3cccc4c3OC(c3ccc(C#N)cc3F)O4)cc2F)nc2ccc(C(O)O)cc21. The number of ether oxygens (including phenoxy) is 3. The van der Waals surface area contributed by atoms with Crippen LogP contribution in [0.5, 0.6) is 11.5 Å². The minimum Gasteiger partial charge on any atom is -0.447 e. The zero-order chi connectivity index (χ0) is 30.2. The number of imidazole rings is 1. The average molecular weight is 588 g/mol. The molecule has 0 saturated carbocycles. The molecule has 0 bridgehead atoms. The molecule has 11 heteroatoms. The second-order valence-electron chi connectivity index (χ2n) is 9.94. The molecule has 2 heterocycles. The summed E-state index contributed by atoms with van der Waals surface area (Å²) >= 11 is 0. The van der Waals surface area contributed by atoms with Crippen LogP contribution in [0.25, 0.3) is 22.2 Å². The first kappa shape index (κ1) is 28.2. The standard InChI is InChI=1S/C32H24F3N3O5/c1-41-10-9-38-27-14-18(31(39)40)6-8-26(27)37-29(38)15-22-24(34)12-19(13-25(22)35)20-3-2-4-28-30(20)43-32(42-28)21-7-5-17(16-36)11-23(21)33/h2-8,11-14,31-32,39-40H,9-10,15H2,1H3. The van der Waals surface area contributed by atoms with E-state index in [2.05, 4.69) is 4.98 Å². The number of rotatable bonds is 8. The number of nitriles is 1. The molecule has 5 aromatic rings. The minimum atomic E-state index is -1.69. The Bertz CT molecular complexity index is 1880. The van der Waals surface area contributed by atoms with E-state index < -0.39 is 30.0 Å². The number of aromatic nitrogens is 2. The van der Waals surface area contributed by atoms with Gasteiger partial charge in [-0.2, -0.15) is 5.26 Å². The van der Waals surface area contributed by atoms with Crippen molar-refractivity contribution in [3.8, 4) is 28.7 Å². The molecule has 218 valence electrons. The van der Waals surface area contributed by atoms with Gasteiger partial charge >= 0.3 is 0 Å². The molecule has 0 saturated heterocycles. The van der Waals surface area contributed by atoms with Gasteiger partial charge in [-0.3, -0.25) is 0 Å². The number of methoxy groups -OCH3 is 1. The summed E-state index contributed by atoms with van der Waals surface area (Å²) in [7, 11) is 1.53. The van der Waals surface area contributed by atoms with Crippen LogP contribution in [-0.2, 0) is 17.7 Å². The molecule has 0 fully saturated rings. The Balaban J connectivity index is 1.33. The van der Waals surface area contributed by atoms with Crippen molar-refractivity contribution in [2.45, 2.75) is 25.5 Å². The van der Waals surface area contributed by atoms with Gasteiger partial charge in [-0.15, -0.1) is 0 Å². The largest absolute Gasteiger partial charge is 0.447 e. The van der Waals surface area contributed by atoms with Crippen LogP contribution >= 0.6 is 0 Å². The minimum absolute atomic E-state index is 0.0749. The second-order valence-corrected chi connectivity index (χ2v) is 9.94. The summed E-state index contributed by atoms with van der Waals surface area (Å²) < 4.78 is 64.4. The van der Waals surface area contributed by atoms with E-state index in [-0.39, 0.29) is 45.7 Å². The zero-order valence-electron chi connectivity index (χ0n) is 22.7. The molecular formula is C32H24F3N3O5. The smallest absolute Gasteiger partial charge is 0.270 e. The number of hydrogen-bond acceptors (Lipinski definition) is 7. The van der Waals surface area contributed by atoms with E-state index in [1.807, 2.05) is 6.07 Å². The van der Waals surface area contributed by atoms with Crippen molar-refractivity contribution in [2.24, 2.45) is 0 Å². The molecule has 6 rings (SSSR count). The highest BCUT2D eigenvalue weighted by atomic mass is 19.1. The first-order valence-electron chi connectivity index (χ1n) is 13.3. The van der Waals surface area contributed by atoms with Crippen LogP contribution in [0.3, 0.4) is 0 Å². The van der Waals surface area contributed by atoms with Crippen molar-refractivity contribution < 1.29 is 37.6 Å². The lowest BCUT2D eigenvalue weighted by molar-refractivity contribution is -0.0424. The fraction of sp³-hybridized carbons (Fsp3) is 0.188. The van der Waals surface area contributed by atoms with Crippen molar-refractivity contribution in [3.05, 3.63) is 112 Å². The van der Waals surface area contributed by atoms with Crippen molar-refractivity contribution >= 4 is 11.0 Å². The van der Waals surface area contributed by atoms with E-state index in [1.54, 1.807) is 34.9 Å². The maximum Gasteiger partial charge on any atom is 0.270 e. The maximum atomic E-state index is 15.6. The molecule has 0 aliphatic carbocycles. The zero-order valence-corrected chi connectivity index (χ0v) is 22.7. The van der Waals surface area contributed by atoms with Gasteiger partial charge in [0.1, 0.15) is 23.3 Å². The lowest BCUT2D eigenvalue weighted by atomic mass is 10.00. The molecule has 1 aliphatic rings. The number of aliphatic hydroxyl groups is 2. The number of para-hydroxylation sites is 1. The molecule has 0 radical (unpaired) electrons. The van der Waals surface area contributed by atoms with Crippen molar-refractivity contribution in [2.75, 3.05) is 13.7 Å². The predicted molar refractivity (Wildman–Crippen MR) is 148 cm³/mol.